The van der Waals surface area contributed by atoms with Gasteiger partial charge in [0.1, 0.15) is 6.61 Å². The fraction of sp³-hybridized carbons (Fsp3) is 0.600. The van der Waals surface area contributed by atoms with Gasteiger partial charge in [-0.25, -0.2) is 0 Å². The van der Waals surface area contributed by atoms with Crippen molar-refractivity contribution in [3.63, 3.8) is 0 Å². The van der Waals surface area contributed by atoms with E-state index in [1.54, 1.807) is 17.3 Å². The number of carbonyl (C=O) groups is 1. The summed E-state index contributed by atoms with van der Waals surface area (Å²) >= 11 is 0. The van der Waals surface area contributed by atoms with Crippen LogP contribution in [-0.2, 0) is 9.53 Å². The minimum Gasteiger partial charge on any atom is -0.387 e. The topological polar surface area (TPSA) is 74.7 Å². The van der Waals surface area contributed by atoms with Gasteiger partial charge in [0, 0.05) is 31.9 Å². The monoisotopic (exact) mass is 291 g/mol. The van der Waals surface area contributed by atoms with Crippen molar-refractivity contribution in [1.82, 2.24) is 9.88 Å². The van der Waals surface area contributed by atoms with Crippen molar-refractivity contribution in [3.05, 3.63) is 24.5 Å². The number of ether oxygens (including phenoxy) is 1. The molecule has 1 spiro atoms. The van der Waals surface area contributed by atoms with E-state index in [9.17, 15) is 4.79 Å². The van der Waals surface area contributed by atoms with E-state index >= 15 is 0 Å². The third kappa shape index (κ3) is 3.16. The molecule has 2 atom stereocenters. The van der Waals surface area contributed by atoms with E-state index in [0.717, 1.165) is 24.9 Å². The third-order valence-electron chi connectivity index (χ3n) is 4.27. The lowest BCUT2D eigenvalue weighted by Gasteiger charge is -2.39. The van der Waals surface area contributed by atoms with Crippen LogP contribution in [0, 0.1) is 0 Å². The molecule has 0 radical (unpaired) electrons. The SMILES string of the molecule is O=C(CO)N1CCC[C@@]2(C[C@H](Nc3cccnc3)CO2)C1. The Morgan fingerprint density at radius 1 is 1.62 bits per heavy atom. The number of hydrogen-bond acceptors (Lipinski definition) is 5. The van der Waals surface area contributed by atoms with Crippen molar-refractivity contribution < 1.29 is 14.6 Å². The van der Waals surface area contributed by atoms with Gasteiger partial charge in [-0.05, 0) is 25.0 Å². The molecule has 0 bridgehead atoms. The summed E-state index contributed by atoms with van der Waals surface area (Å²) in [6, 6.07) is 4.12. The fourth-order valence-corrected chi connectivity index (χ4v) is 3.32. The minimum atomic E-state index is -0.423. The Bertz CT molecular complexity index is 496. The van der Waals surface area contributed by atoms with Crippen molar-refractivity contribution in [1.29, 1.82) is 0 Å². The van der Waals surface area contributed by atoms with Gasteiger partial charge in [-0.15, -0.1) is 0 Å². The summed E-state index contributed by atoms with van der Waals surface area (Å²) in [4.78, 5) is 17.5. The number of aliphatic hydroxyl groups excluding tert-OH is 1. The molecule has 1 aromatic heterocycles. The molecule has 2 N–H and O–H groups in total. The quantitative estimate of drug-likeness (QED) is 0.854. The lowest BCUT2D eigenvalue weighted by Crippen LogP contribution is -2.51. The van der Waals surface area contributed by atoms with Crippen LogP contribution >= 0.6 is 0 Å². The van der Waals surface area contributed by atoms with E-state index in [0.29, 0.717) is 19.7 Å². The van der Waals surface area contributed by atoms with E-state index in [1.165, 1.54) is 0 Å². The minimum absolute atomic E-state index is 0.207. The van der Waals surface area contributed by atoms with Gasteiger partial charge in [0.05, 0.1) is 23.9 Å². The van der Waals surface area contributed by atoms with Gasteiger partial charge >= 0.3 is 0 Å². The number of likely N-dealkylation sites (tertiary alicyclic amines) is 1. The molecular formula is C15H21N3O3. The lowest BCUT2D eigenvalue weighted by atomic mass is 9.88. The predicted molar refractivity (Wildman–Crippen MR) is 77.8 cm³/mol. The maximum absolute atomic E-state index is 11.7. The molecule has 2 aliphatic heterocycles. The number of piperidine rings is 1. The number of anilines is 1. The second-order valence-corrected chi connectivity index (χ2v) is 5.86. The molecule has 6 heteroatoms. The highest BCUT2D eigenvalue weighted by Crippen LogP contribution is 2.35. The largest absolute Gasteiger partial charge is 0.387 e. The number of amides is 1. The molecule has 0 saturated carbocycles. The molecule has 2 saturated heterocycles. The molecule has 2 aliphatic rings. The van der Waals surface area contributed by atoms with Gasteiger partial charge < -0.3 is 20.1 Å². The highest BCUT2D eigenvalue weighted by atomic mass is 16.5. The first-order valence-corrected chi connectivity index (χ1v) is 7.40. The van der Waals surface area contributed by atoms with Gasteiger partial charge in [-0.1, -0.05) is 0 Å². The van der Waals surface area contributed by atoms with E-state index in [2.05, 4.69) is 10.3 Å². The van der Waals surface area contributed by atoms with Gasteiger partial charge in [-0.3, -0.25) is 9.78 Å². The summed E-state index contributed by atoms with van der Waals surface area (Å²) in [5.74, 6) is -0.207. The zero-order chi connectivity index (χ0) is 14.7. The zero-order valence-electron chi connectivity index (χ0n) is 12.0. The summed E-state index contributed by atoms with van der Waals surface area (Å²) in [6.07, 6.45) is 6.31. The van der Waals surface area contributed by atoms with Crippen LogP contribution in [0.15, 0.2) is 24.5 Å². The third-order valence-corrected chi connectivity index (χ3v) is 4.27. The van der Waals surface area contributed by atoms with Crippen LogP contribution < -0.4 is 5.32 Å². The average Bonchev–Trinajstić information content (AvgIpc) is 2.89. The molecule has 0 aromatic carbocycles. The standard InChI is InChI=1S/C15H21N3O3/c19-9-14(20)18-6-2-4-15(11-18)7-13(10-21-15)17-12-3-1-5-16-8-12/h1,3,5,8,13,17,19H,2,4,6-7,9-11H2/t13-,15+/m0/s1. The maximum Gasteiger partial charge on any atom is 0.248 e. The van der Waals surface area contributed by atoms with Gasteiger partial charge in [0.15, 0.2) is 0 Å². The van der Waals surface area contributed by atoms with Gasteiger partial charge in [0.2, 0.25) is 5.91 Å². The van der Waals surface area contributed by atoms with Crippen LogP contribution in [0.3, 0.4) is 0 Å². The van der Waals surface area contributed by atoms with Crippen LogP contribution in [0.2, 0.25) is 0 Å². The summed E-state index contributed by atoms with van der Waals surface area (Å²) in [5, 5.41) is 12.4. The van der Waals surface area contributed by atoms with E-state index in [4.69, 9.17) is 9.84 Å². The first kappa shape index (κ1) is 14.3. The number of hydrogen-bond donors (Lipinski definition) is 2. The van der Waals surface area contributed by atoms with Crippen molar-refractivity contribution in [2.24, 2.45) is 0 Å². The summed E-state index contributed by atoms with van der Waals surface area (Å²) in [7, 11) is 0. The number of aromatic nitrogens is 1. The Balaban J connectivity index is 1.61. The first-order chi connectivity index (χ1) is 10.2. The molecule has 0 aliphatic carbocycles. The second kappa shape index (κ2) is 5.99. The Hall–Kier alpha value is -1.66. The highest BCUT2D eigenvalue weighted by molar-refractivity contribution is 5.77. The van der Waals surface area contributed by atoms with Crippen molar-refractivity contribution in [3.8, 4) is 0 Å². The Morgan fingerprint density at radius 3 is 3.29 bits per heavy atom. The smallest absolute Gasteiger partial charge is 0.248 e. The lowest BCUT2D eigenvalue weighted by molar-refractivity contribution is -0.142. The van der Waals surface area contributed by atoms with E-state index in [-0.39, 0.29) is 17.6 Å². The number of nitrogens with one attached hydrogen (secondary N) is 1. The Labute approximate surface area is 124 Å². The number of aliphatic hydroxyl groups is 1. The number of carbonyl (C=O) groups excluding carboxylic acids is 1. The van der Waals surface area contributed by atoms with Crippen LogP contribution in [0.25, 0.3) is 0 Å². The zero-order valence-corrected chi connectivity index (χ0v) is 12.0. The number of pyridine rings is 1. The molecule has 0 unspecified atom stereocenters. The first-order valence-electron chi connectivity index (χ1n) is 7.40. The van der Waals surface area contributed by atoms with Crippen molar-refractivity contribution >= 4 is 11.6 Å². The molecule has 1 amide bonds. The second-order valence-electron chi connectivity index (χ2n) is 5.86. The predicted octanol–water partition coefficient (Wildman–Crippen LogP) is 0.636. The number of nitrogens with zero attached hydrogens (tertiary/aromatic N) is 2. The Kier molecular flexibility index (Phi) is 4.07. The van der Waals surface area contributed by atoms with Crippen LogP contribution in [0.5, 0.6) is 0 Å². The molecule has 6 nitrogen and oxygen atoms in total. The van der Waals surface area contributed by atoms with Gasteiger partial charge in [-0.2, -0.15) is 0 Å². The molecule has 3 heterocycles. The average molecular weight is 291 g/mol. The van der Waals surface area contributed by atoms with Gasteiger partial charge in [0.25, 0.3) is 0 Å². The molecule has 1 aromatic rings. The molecule has 21 heavy (non-hydrogen) atoms. The summed E-state index contributed by atoms with van der Waals surface area (Å²) in [5.41, 5.74) is 0.727. The van der Waals surface area contributed by atoms with Crippen LogP contribution in [0.4, 0.5) is 5.69 Å². The highest BCUT2D eigenvalue weighted by Gasteiger charge is 2.44. The van der Waals surface area contributed by atoms with Crippen LogP contribution in [0.1, 0.15) is 19.3 Å². The maximum atomic E-state index is 11.7. The molecule has 2 fully saturated rings. The van der Waals surface area contributed by atoms with Crippen molar-refractivity contribution in [2.75, 3.05) is 31.6 Å². The molecule has 114 valence electrons. The Morgan fingerprint density at radius 2 is 2.52 bits per heavy atom. The molecular weight excluding hydrogens is 270 g/mol. The van der Waals surface area contributed by atoms with E-state index in [1.807, 2.05) is 12.1 Å². The fourth-order valence-electron chi connectivity index (χ4n) is 3.32. The number of rotatable bonds is 3. The van der Waals surface area contributed by atoms with Crippen LogP contribution in [-0.4, -0.2) is 58.8 Å². The van der Waals surface area contributed by atoms with E-state index < -0.39 is 6.61 Å². The molecule has 3 rings (SSSR count). The normalized spacial score (nSPS) is 28.8. The summed E-state index contributed by atoms with van der Waals surface area (Å²) < 4.78 is 6.03. The van der Waals surface area contributed by atoms with Crippen molar-refractivity contribution in [2.45, 2.75) is 30.9 Å². The summed E-state index contributed by atoms with van der Waals surface area (Å²) in [6.45, 7) is 1.51.